The first-order valence-corrected chi connectivity index (χ1v) is 9.24. The first-order valence-electron chi connectivity index (χ1n) is 9.24. The fourth-order valence-electron chi connectivity index (χ4n) is 3.23. The van der Waals surface area contributed by atoms with Crippen molar-refractivity contribution in [3.05, 3.63) is 83.2 Å². The number of nitrogens with zero attached hydrogens (tertiary/aromatic N) is 2. The van der Waals surface area contributed by atoms with E-state index in [1.807, 2.05) is 31.2 Å². The van der Waals surface area contributed by atoms with Crippen LogP contribution in [0.25, 0.3) is 0 Å². The summed E-state index contributed by atoms with van der Waals surface area (Å²) < 4.78 is 15.8. The molecule has 0 saturated carbocycles. The quantitative estimate of drug-likeness (QED) is 0.612. The lowest BCUT2D eigenvalue weighted by Gasteiger charge is -2.19. The Bertz CT molecular complexity index is 1050. The second-order valence-corrected chi connectivity index (χ2v) is 6.85. The van der Waals surface area contributed by atoms with Crippen molar-refractivity contribution in [3.63, 3.8) is 0 Å². The molecular weight excluding hydrogens is 372 g/mol. The van der Waals surface area contributed by atoms with Gasteiger partial charge < -0.3 is 13.6 Å². The molecule has 0 fully saturated rings. The lowest BCUT2D eigenvalue weighted by Crippen LogP contribution is -2.31. The van der Waals surface area contributed by atoms with E-state index in [0.717, 1.165) is 16.8 Å². The highest BCUT2D eigenvalue weighted by Gasteiger charge is 2.35. The van der Waals surface area contributed by atoms with Gasteiger partial charge in [-0.2, -0.15) is 5.10 Å². The number of esters is 1. The number of aryl methyl sites for hydroxylation is 2. The van der Waals surface area contributed by atoms with Gasteiger partial charge in [0.25, 0.3) is 5.91 Å². The van der Waals surface area contributed by atoms with Crippen molar-refractivity contribution in [3.8, 4) is 0 Å². The second-order valence-electron chi connectivity index (χ2n) is 6.85. The highest BCUT2D eigenvalue weighted by molar-refractivity contribution is 6.03. The SMILES string of the molecule is Cc1ccc(C2=NN(C(=O)COC(=O)c3ccoc3C)[C@@H](c3ccco3)C2)cc1. The third-order valence-corrected chi connectivity index (χ3v) is 4.83. The zero-order valence-corrected chi connectivity index (χ0v) is 16.1. The Labute approximate surface area is 167 Å². The highest BCUT2D eigenvalue weighted by atomic mass is 16.5. The van der Waals surface area contributed by atoms with Crippen LogP contribution in [-0.2, 0) is 9.53 Å². The lowest BCUT2D eigenvalue weighted by atomic mass is 10.0. The Morgan fingerprint density at radius 2 is 1.90 bits per heavy atom. The van der Waals surface area contributed by atoms with Crippen LogP contribution in [0.3, 0.4) is 0 Å². The number of furan rings is 2. The molecule has 1 aliphatic heterocycles. The number of amides is 1. The number of hydrazone groups is 1. The maximum Gasteiger partial charge on any atom is 0.342 e. The normalized spacial score (nSPS) is 16.0. The van der Waals surface area contributed by atoms with E-state index in [9.17, 15) is 9.59 Å². The molecule has 29 heavy (non-hydrogen) atoms. The maximum atomic E-state index is 12.8. The second kappa shape index (κ2) is 7.79. The molecule has 0 N–H and O–H groups in total. The average molecular weight is 392 g/mol. The van der Waals surface area contributed by atoms with Crippen molar-refractivity contribution in [1.82, 2.24) is 5.01 Å². The molecule has 148 valence electrons. The Kier molecular flexibility index (Phi) is 5.03. The summed E-state index contributed by atoms with van der Waals surface area (Å²) in [5.74, 6) is 0.0297. The van der Waals surface area contributed by atoms with Gasteiger partial charge in [0, 0.05) is 6.42 Å². The van der Waals surface area contributed by atoms with Gasteiger partial charge in [0.1, 0.15) is 23.1 Å². The number of benzene rings is 1. The molecule has 7 nitrogen and oxygen atoms in total. The van der Waals surface area contributed by atoms with E-state index >= 15 is 0 Å². The van der Waals surface area contributed by atoms with E-state index < -0.39 is 18.5 Å². The van der Waals surface area contributed by atoms with Crippen molar-refractivity contribution >= 4 is 17.6 Å². The van der Waals surface area contributed by atoms with Crippen molar-refractivity contribution in [2.45, 2.75) is 26.3 Å². The zero-order chi connectivity index (χ0) is 20.4. The summed E-state index contributed by atoms with van der Waals surface area (Å²) in [5, 5.41) is 5.85. The number of hydrogen-bond donors (Lipinski definition) is 0. The monoisotopic (exact) mass is 392 g/mol. The van der Waals surface area contributed by atoms with Gasteiger partial charge in [0.05, 0.1) is 18.2 Å². The van der Waals surface area contributed by atoms with Crippen LogP contribution < -0.4 is 0 Å². The van der Waals surface area contributed by atoms with E-state index in [4.69, 9.17) is 13.6 Å². The number of ether oxygens (including phenoxy) is 1. The zero-order valence-electron chi connectivity index (χ0n) is 16.1. The first kappa shape index (κ1) is 18.7. The molecule has 2 aromatic heterocycles. The van der Waals surface area contributed by atoms with Crippen LogP contribution in [0, 0.1) is 13.8 Å². The molecular formula is C22H20N2O5. The summed E-state index contributed by atoms with van der Waals surface area (Å²) in [7, 11) is 0. The van der Waals surface area contributed by atoms with Gasteiger partial charge in [0.15, 0.2) is 6.61 Å². The lowest BCUT2D eigenvalue weighted by molar-refractivity contribution is -0.136. The minimum Gasteiger partial charge on any atom is -0.469 e. The molecule has 0 saturated heterocycles. The van der Waals surface area contributed by atoms with E-state index in [2.05, 4.69) is 5.10 Å². The van der Waals surface area contributed by atoms with Crippen molar-refractivity contribution < 1.29 is 23.2 Å². The summed E-state index contributed by atoms with van der Waals surface area (Å²) in [5.41, 5.74) is 3.15. The molecule has 0 spiro atoms. The topological polar surface area (TPSA) is 85.3 Å². The van der Waals surface area contributed by atoms with E-state index in [1.165, 1.54) is 17.3 Å². The molecule has 3 aromatic rings. The Morgan fingerprint density at radius 3 is 2.55 bits per heavy atom. The summed E-state index contributed by atoms with van der Waals surface area (Å²) in [6, 6.07) is 12.6. The largest absolute Gasteiger partial charge is 0.469 e. The van der Waals surface area contributed by atoms with Crippen molar-refractivity contribution in [2.75, 3.05) is 6.61 Å². The predicted octanol–water partition coefficient (Wildman–Crippen LogP) is 4.02. The number of carbonyl (C=O) groups is 2. The molecule has 1 aliphatic rings. The van der Waals surface area contributed by atoms with Gasteiger partial charge in [-0.1, -0.05) is 29.8 Å². The third-order valence-electron chi connectivity index (χ3n) is 4.83. The Morgan fingerprint density at radius 1 is 1.10 bits per heavy atom. The fourth-order valence-corrected chi connectivity index (χ4v) is 3.23. The van der Waals surface area contributed by atoms with Gasteiger partial charge in [0.2, 0.25) is 0 Å². The molecule has 3 heterocycles. The molecule has 1 amide bonds. The van der Waals surface area contributed by atoms with E-state index in [0.29, 0.717) is 23.5 Å². The molecule has 7 heteroatoms. The van der Waals surface area contributed by atoms with E-state index in [-0.39, 0.29) is 6.04 Å². The van der Waals surface area contributed by atoms with Crippen LogP contribution in [-0.4, -0.2) is 29.2 Å². The first-order chi connectivity index (χ1) is 14.0. The van der Waals surface area contributed by atoms with Crippen LogP contribution in [0.5, 0.6) is 0 Å². The fraction of sp³-hybridized carbons (Fsp3) is 0.227. The standard InChI is InChI=1S/C22H20N2O5/c1-14-5-7-16(8-6-14)18-12-19(20-4-3-10-28-20)24(23-18)21(25)13-29-22(26)17-9-11-27-15(17)2/h3-11,19H,12-13H2,1-2H3/t19-/m1/s1. The summed E-state index contributed by atoms with van der Waals surface area (Å²) >= 11 is 0. The Hall–Kier alpha value is -3.61. The minimum atomic E-state index is -0.610. The molecule has 1 atom stereocenters. The Balaban J connectivity index is 1.52. The number of hydrogen-bond acceptors (Lipinski definition) is 6. The van der Waals surface area contributed by atoms with Crippen LogP contribution in [0.4, 0.5) is 0 Å². The van der Waals surface area contributed by atoms with Crippen LogP contribution in [0.1, 0.15) is 45.5 Å². The molecule has 0 unspecified atom stereocenters. The molecule has 0 radical (unpaired) electrons. The summed E-state index contributed by atoms with van der Waals surface area (Å²) in [4.78, 5) is 25.0. The van der Waals surface area contributed by atoms with Gasteiger partial charge in [-0.05, 0) is 37.6 Å². The summed E-state index contributed by atoms with van der Waals surface area (Å²) in [6.07, 6.45) is 3.47. The number of carbonyl (C=O) groups excluding carboxylic acids is 2. The summed E-state index contributed by atoms with van der Waals surface area (Å²) in [6.45, 7) is 3.24. The van der Waals surface area contributed by atoms with Crippen LogP contribution in [0.2, 0.25) is 0 Å². The number of rotatable bonds is 5. The smallest absolute Gasteiger partial charge is 0.342 e. The third kappa shape index (κ3) is 3.85. The van der Waals surface area contributed by atoms with Crippen molar-refractivity contribution in [2.24, 2.45) is 5.10 Å². The van der Waals surface area contributed by atoms with E-state index in [1.54, 1.807) is 25.3 Å². The van der Waals surface area contributed by atoms with Crippen LogP contribution >= 0.6 is 0 Å². The predicted molar refractivity (Wildman–Crippen MR) is 104 cm³/mol. The van der Waals surface area contributed by atoms with Gasteiger partial charge >= 0.3 is 5.97 Å². The molecule has 4 rings (SSSR count). The van der Waals surface area contributed by atoms with Crippen LogP contribution in [0.15, 0.2) is 68.9 Å². The molecule has 0 aliphatic carbocycles. The maximum absolute atomic E-state index is 12.8. The van der Waals surface area contributed by atoms with Gasteiger partial charge in [-0.3, -0.25) is 4.79 Å². The highest BCUT2D eigenvalue weighted by Crippen LogP contribution is 2.33. The molecule has 1 aromatic carbocycles. The minimum absolute atomic E-state index is 0.297. The van der Waals surface area contributed by atoms with Gasteiger partial charge in [-0.15, -0.1) is 0 Å². The van der Waals surface area contributed by atoms with Crippen molar-refractivity contribution in [1.29, 1.82) is 0 Å². The average Bonchev–Trinajstić information content (AvgIpc) is 3.46. The van der Waals surface area contributed by atoms with Gasteiger partial charge in [-0.25, -0.2) is 9.80 Å². The molecule has 0 bridgehead atoms.